The highest BCUT2D eigenvalue weighted by molar-refractivity contribution is 5.80. The number of hydrogen-bond donors (Lipinski definition) is 1. The SMILES string of the molecule is CN=C(NCCc1ccc(C)cc1)N1CCC(N2CC=CC2)C1. The maximum Gasteiger partial charge on any atom is 0.193 e. The summed E-state index contributed by atoms with van der Waals surface area (Å²) in [7, 11) is 1.89. The number of nitrogens with zero attached hydrogens (tertiary/aromatic N) is 3. The Morgan fingerprint density at radius 2 is 1.96 bits per heavy atom. The molecule has 4 heteroatoms. The van der Waals surface area contributed by atoms with Crippen LogP contribution < -0.4 is 5.32 Å². The molecule has 1 atom stereocenters. The van der Waals surface area contributed by atoms with Crippen LogP contribution in [-0.4, -0.2) is 61.6 Å². The van der Waals surface area contributed by atoms with E-state index in [4.69, 9.17) is 0 Å². The van der Waals surface area contributed by atoms with Gasteiger partial charge in [-0.3, -0.25) is 9.89 Å². The van der Waals surface area contributed by atoms with E-state index in [1.54, 1.807) is 0 Å². The summed E-state index contributed by atoms with van der Waals surface area (Å²) in [4.78, 5) is 9.43. The minimum Gasteiger partial charge on any atom is -0.356 e. The lowest BCUT2D eigenvalue weighted by atomic mass is 10.1. The van der Waals surface area contributed by atoms with E-state index in [0.29, 0.717) is 6.04 Å². The van der Waals surface area contributed by atoms with Gasteiger partial charge in [0.15, 0.2) is 5.96 Å². The maximum absolute atomic E-state index is 4.47. The van der Waals surface area contributed by atoms with Gasteiger partial charge in [-0.2, -0.15) is 0 Å². The van der Waals surface area contributed by atoms with E-state index in [9.17, 15) is 0 Å². The molecule has 1 unspecified atom stereocenters. The standard InChI is InChI=1S/C19H28N4/c1-16-5-7-17(8-6-16)9-11-21-19(20-2)23-14-10-18(15-23)22-12-3-4-13-22/h3-8,18H,9-15H2,1-2H3,(H,20,21). The van der Waals surface area contributed by atoms with Crippen molar-refractivity contribution in [1.82, 2.24) is 15.1 Å². The van der Waals surface area contributed by atoms with Crippen molar-refractivity contribution in [2.24, 2.45) is 4.99 Å². The molecule has 0 aromatic heterocycles. The average Bonchev–Trinajstić information content (AvgIpc) is 3.24. The predicted octanol–water partition coefficient (Wildman–Crippen LogP) is 2.06. The Morgan fingerprint density at radius 1 is 1.22 bits per heavy atom. The Hall–Kier alpha value is -1.81. The third kappa shape index (κ3) is 4.14. The molecule has 2 heterocycles. The molecule has 23 heavy (non-hydrogen) atoms. The molecule has 1 aromatic rings. The van der Waals surface area contributed by atoms with E-state index in [2.05, 4.69) is 63.5 Å². The summed E-state index contributed by atoms with van der Waals surface area (Å²) in [6.07, 6.45) is 6.82. The number of likely N-dealkylation sites (tertiary alicyclic amines) is 1. The fourth-order valence-corrected chi connectivity index (χ4v) is 3.43. The van der Waals surface area contributed by atoms with Crippen LogP contribution in [0.25, 0.3) is 0 Å². The first-order chi connectivity index (χ1) is 11.3. The quantitative estimate of drug-likeness (QED) is 0.524. The first-order valence-electron chi connectivity index (χ1n) is 8.66. The van der Waals surface area contributed by atoms with E-state index in [1.807, 2.05) is 7.05 Å². The van der Waals surface area contributed by atoms with Crippen molar-refractivity contribution in [3.05, 3.63) is 47.5 Å². The first-order valence-corrected chi connectivity index (χ1v) is 8.66. The van der Waals surface area contributed by atoms with Crippen LogP contribution in [0.4, 0.5) is 0 Å². The van der Waals surface area contributed by atoms with E-state index in [-0.39, 0.29) is 0 Å². The summed E-state index contributed by atoms with van der Waals surface area (Å²) in [6, 6.07) is 9.46. The third-order valence-corrected chi connectivity index (χ3v) is 4.86. The minimum atomic E-state index is 0.667. The molecule has 0 radical (unpaired) electrons. The Morgan fingerprint density at radius 3 is 2.65 bits per heavy atom. The van der Waals surface area contributed by atoms with Crippen LogP contribution in [-0.2, 0) is 6.42 Å². The largest absolute Gasteiger partial charge is 0.356 e. The number of aliphatic imine (C=N–C) groups is 1. The van der Waals surface area contributed by atoms with Crippen LogP contribution in [0.1, 0.15) is 17.5 Å². The molecule has 2 aliphatic rings. The number of rotatable bonds is 4. The van der Waals surface area contributed by atoms with Gasteiger partial charge in [-0.25, -0.2) is 0 Å². The van der Waals surface area contributed by atoms with Crippen molar-refractivity contribution >= 4 is 5.96 Å². The highest BCUT2D eigenvalue weighted by atomic mass is 15.3. The number of guanidine groups is 1. The highest BCUT2D eigenvalue weighted by Crippen LogP contribution is 2.17. The smallest absolute Gasteiger partial charge is 0.193 e. The second kappa shape index (κ2) is 7.64. The lowest BCUT2D eigenvalue weighted by molar-refractivity contribution is 0.259. The van der Waals surface area contributed by atoms with Gasteiger partial charge in [0.1, 0.15) is 0 Å². The third-order valence-electron chi connectivity index (χ3n) is 4.86. The molecule has 1 fully saturated rings. The summed E-state index contributed by atoms with van der Waals surface area (Å²) < 4.78 is 0. The maximum atomic E-state index is 4.47. The van der Waals surface area contributed by atoms with E-state index >= 15 is 0 Å². The number of benzene rings is 1. The molecule has 1 saturated heterocycles. The van der Waals surface area contributed by atoms with Crippen molar-refractivity contribution in [1.29, 1.82) is 0 Å². The van der Waals surface area contributed by atoms with Gasteiger partial charge in [0.2, 0.25) is 0 Å². The monoisotopic (exact) mass is 312 g/mol. The van der Waals surface area contributed by atoms with Crippen molar-refractivity contribution in [3.8, 4) is 0 Å². The summed E-state index contributed by atoms with van der Waals surface area (Å²) in [6.45, 7) is 7.47. The molecular weight excluding hydrogens is 284 g/mol. The summed E-state index contributed by atoms with van der Waals surface area (Å²) in [5, 5.41) is 3.53. The van der Waals surface area contributed by atoms with Crippen molar-refractivity contribution in [2.75, 3.05) is 39.8 Å². The van der Waals surface area contributed by atoms with Gasteiger partial charge in [-0.15, -0.1) is 0 Å². The van der Waals surface area contributed by atoms with Crippen LogP contribution in [0.15, 0.2) is 41.4 Å². The molecule has 1 aromatic carbocycles. The van der Waals surface area contributed by atoms with E-state index < -0.39 is 0 Å². The van der Waals surface area contributed by atoms with Crippen LogP contribution in [0.3, 0.4) is 0 Å². The zero-order valence-corrected chi connectivity index (χ0v) is 14.3. The summed E-state index contributed by atoms with van der Waals surface area (Å²) in [5.74, 6) is 1.05. The van der Waals surface area contributed by atoms with Gasteiger partial charge in [-0.1, -0.05) is 42.0 Å². The molecule has 124 valence electrons. The second-order valence-electron chi connectivity index (χ2n) is 6.52. The number of aryl methyl sites for hydroxylation is 1. The Kier molecular flexibility index (Phi) is 5.34. The fraction of sp³-hybridized carbons (Fsp3) is 0.526. The topological polar surface area (TPSA) is 30.9 Å². The number of nitrogens with one attached hydrogen (secondary N) is 1. The van der Waals surface area contributed by atoms with Gasteiger partial charge in [0, 0.05) is 45.8 Å². The van der Waals surface area contributed by atoms with Gasteiger partial charge in [0.25, 0.3) is 0 Å². The molecule has 3 rings (SSSR count). The normalized spacial score (nSPS) is 22.1. The van der Waals surface area contributed by atoms with Gasteiger partial charge in [0.05, 0.1) is 0 Å². The van der Waals surface area contributed by atoms with Crippen molar-refractivity contribution < 1.29 is 0 Å². The zero-order valence-electron chi connectivity index (χ0n) is 14.3. The molecule has 2 aliphatic heterocycles. The average molecular weight is 312 g/mol. The van der Waals surface area contributed by atoms with E-state index in [0.717, 1.165) is 45.1 Å². The highest BCUT2D eigenvalue weighted by Gasteiger charge is 2.29. The predicted molar refractivity (Wildman–Crippen MR) is 96.9 cm³/mol. The lowest BCUT2D eigenvalue weighted by Crippen LogP contribution is -2.43. The molecule has 0 amide bonds. The van der Waals surface area contributed by atoms with Crippen molar-refractivity contribution in [3.63, 3.8) is 0 Å². The second-order valence-corrected chi connectivity index (χ2v) is 6.52. The van der Waals surface area contributed by atoms with Gasteiger partial charge >= 0.3 is 0 Å². The molecule has 0 spiro atoms. The van der Waals surface area contributed by atoms with Gasteiger partial charge in [-0.05, 0) is 25.3 Å². The summed E-state index contributed by atoms with van der Waals surface area (Å²) in [5.41, 5.74) is 2.69. The lowest BCUT2D eigenvalue weighted by Gasteiger charge is -2.25. The van der Waals surface area contributed by atoms with E-state index in [1.165, 1.54) is 17.5 Å². The first kappa shape index (κ1) is 16.1. The van der Waals surface area contributed by atoms with Crippen LogP contribution in [0, 0.1) is 6.92 Å². The minimum absolute atomic E-state index is 0.667. The molecule has 0 bridgehead atoms. The number of hydrogen-bond acceptors (Lipinski definition) is 2. The molecule has 0 saturated carbocycles. The summed E-state index contributed by atoms with van der Waals surface area (Å²) >= 11 is 0. The fourth-order valence-electron chi connectivity index (χ4n) is 3.43. The zero-order chi connectivity index (χ0) is 16.1. The van der Waals surface area contributed by atoms with Crippen molar-refractivity contribution in [2.45, 2.75) is 25.8 Å². The Labute approximate surface area is 139 Å². The Balaban J connectivity index is 1.45. The Bertz CT molecular complexity index is 553. The van der Waals surface area contributed by atoms with Crippen LogP contribution in [0.5, 0.6) is 0 Å². The molecule has 4 nitrogen and oxygen atoms in total. The van der Waals surface area contributed by atoms with Crippen LogP contribution in [0.2, 0.25) is 0 Å². The van der Waals surface area contributed by atoms with Crippen LogP contribution >= 0.6 is 0 Å². The molecule has 1 N–H and O–H groups in total. The molecule has 0 aliphatic carbocycles. The molecular formula is C19H28N4. The van der Waals surface area contributed by atoms with Gasteiger partial charge < -0.3 is 10.2 Å².